The molecule has 3 N–H and O–H groups in total. The molecule has 0 aliphatic heterocycles. The van der Waals surface area contributed by atoms with E-state index in [-0.39, 0.29) is 47.8 Å². The lowest BCUT2D eigenvalue weighted by atomic mass is 9.64. The van der Waals surface area contributed by atoms with Crippen LogP contribution >= 0.6 is 11.6 Å². The average Bonchev–Trinajstić information content (AvgIpc) is 3.44. The van der Waals surface area contributed by atoms with Crippen LogP contribution in [0.3, 0.4) is 0 Å². The molecule has 3 aliphatic carbocycles. The van der Waals surface area contributed by atoms with Crippen molar-refractivity contribution in [3.05, 3.63) is 160 Å². The number of halogens is 2. The van der Waals surface area contributed by atoms with Crippen LogP contribution < -0.4 is 5.32 Å². The third kappa shape index (κ3) is 8.31. The van der Waals surface area contributed by atoms with Gasteiger partial charge in [0.25, 0.3) is 0 Å². The van der Waals surface area contributed by atoms with Crippen LogP contribution in [0.25, 0.3) is 10.8 Å². The number of fused-ring (bicyclic) bond motifs is 9. The van der Waals surface area contributed by atoms with Crippen LogP contribution in [-0.2, 0) is 19.4 Å². The molecule has 290 valence electrons. The van der Waals surface area contributed by atoms with Crippen molar-refractivity contribution in [1.29, 1.82) is 0 Å². The fourth-order valence-electron chi connectivity index (χ4n) is 9.07. The number of anilines is 1. The van der Waals surface area contributed by atoms with Gasteiger partial charge < -0.3 is 20.4 Å². The molecule has 0 saturated heterocycles. The summed E-state index contributed by atoms with van der Waals surface area (Å²) in [5, 5.41) is 29.6. The molecule has 0 spiro atoms. The lowest BCUT2D eigenvalue weighted by Crippen LogP contribution is -2.54. The highest BCUT2D eigenvalue weighted by atomic mass is 35.5. The predicted octanol–water partition coefficient (Wildman–Crippen LogP) is 10.8. The van der Waals surface area contributed by atoms with Gasteiger partial charge in [0, 0.05) is 40.2 Å². The first kappa shape index (κ1) is 39.4. The number of aliphatic hydroxyl groups is 2. The van der Waals surface area contributed by atoms with Crippen LogP contribution in [0.4, 0.5) is 14.9 Å². The molecule has 8 heteroatoms. The lowest BCUT2D eigenvalue weighted by Gasteiger charge is -2.46. The first-order valence-electron chi connectivity index (χ1n) is 19.7. The highest BCUT2D eigenvalue weighted by molar-refractivity contribution is 6.31. The van der Waals surface area contributed by atoms with Gasteiger partial charge in [-0.3, -0.25) is 4.79 Å². The standard InChI is InChI=1S/C48H50ClFN2O4/c1-32-11-10-25-47(2)42(39-23-21-33(27-37(53)22-20-32)28-40(39)45(54)29-41-43(49)18-9-19-44(41)50)24-26-48(47,56)31-52(46(55)51-36-15-4-3-5-16-36)30-35-14-8-13-34-12-6-7-17-38(34)35/h3-9,11-19,21,23,28,37,42,53,56H,10,20,22,24-27,29-31H2,1-2H3,(H,51,55)/t37-,42-,47-,48+/m0/s1. The van der Waals surface area contributed by atoms with Crippen molar-refractivity contribution < 1.29 is 24.2 Å². The van der Waals surface area contributed by atoms with Crippen LogP contribution in [0.15, 0.2) is 121 Å². The normalized spacial score (nSPS) is 22.6. The summed E-state index contributed by atoms with van der Waals surface area (Å²) in [6, 6.07) is 33.4. The van der Waals surface area contributed by atoms with E-state index in [2.05, 4.69) is 43.4 Å². The van der Waals surface area contributed by atoms with Crippen molar-refractivity contribution in [2.24, 2.45) is 5.41 Å². The molecule has 5 aromatic rings. The Morgan fingerprint density at radius 3 is 2.48 bits per heavy atom. The van der Waals surface area contributed by atoms with Gasteiger partial charge in [0.2, 0.25) is 0 Å². The molecule has 8 rings (SSSR count). The zero-order valence-electron chi connectivity index (χ0n) is 32.1. The van der Waals surface area contributed by atoms with Gasteiger partial charge in [-0.15, -0.1) is 0 Å². The minimum absolute atomic E-state index is 0.0585. The minimum Gasteiger partial charge on any atom is -0.393 e. The Morgan fingerprint density at radius 2 is 1.68 bits per heavy atom. The van der Waals surface area contributed by atoms with Crippen molar-refractivity contribution >= 4 is 39.9 Å². The number of urea groups is 1. The van der Waals surface area contributed by atoms with Crippen molar-refractivity contribution in [3.8, 4) is 0 Å². The van der Waals surface area contributed by atoms with Crippen molar-refractivity contribution in [2.75, 3.05) is 11.9 Å². The molecule has 4 atom stereocenters. The van der Waals surface area contributed by atoms with E-state index in [0.29, 0.717) is 49.8 Å². The second-order valence-corrected chi connectivity index (χ2v) is 16.4. The van der Waals surface area contributed by atoms with E-state index in [1.165, 1.54) is 17.7 Å². The number of allylic oxidation sites excluding steroid dienone is 2. The van der Waals surface area contributed by atoms with E-state index in [1.807, 2.05) is 72.8 Å². The molecular formula is C48H50ClFN2O4. The average molecular weight is 773 g/mol. The third-order valence-corrected chi connectivity index (χ3v) is 12.7. The molecule has 56 heavy (non-hydrogen) atoms. The van der Waals surface area contributed by atoms with Gasteiger partial charge in [0.15, 0.2) is 5.78 Å². The van der Waals surface area contributed by atoms with Crippen LogP contribution in [0, 0.1) is 11.2 Å². The number of nitrogens with zero attached hydrogens (tertiary/aromatic N) is 1. The summed E-state index contributed by atoms with van der Waals surface area (Å²) in [5.74, 6) is -1.08. The zero-order chi connectivity index (χ0) is 39.5. The molecule has 2 amide bonds. The highest BCUT2D eigenvalue weighted by Crippen LogP contribution is 2.59. The quantitative estimate of drug-likeness (QED) is 0.108. The van der Waals surface area contributed by atoms with Crippen LogP contribution in [0.1, 0.15) is 90.9 Å². The fraction of sp³-hybridized carbons (Fsp3) is 0.333. The largest absolute Gasteiger partial charge is 0.393 e. The number of nitrogens with one attached hydrogen (secondary N) is 1. The van der Waals surface area contributed by atoms with E-state index in [9.17, 15) is 19.8 Å². The van der Waals surface area contributed by atoms with E-state index >= 15 is 4.39 Å². The monoisotopic (exact) mass is 772 g/mol. The molecule has 0 heterocycles. The molecule has 1 fully saturated rings. The Balaban J connectivity index is 1.30. The van der Waals surface area contributed by atoms with Gasteiger partial charge in [-0.25, -0.2) is 9.18 Å². The zero-order valence-corrected chi connectivity index (χ0v) is 32.9. The molecule has 0 aromatic heterocycles. The van der Waals surface area contributed by atoms with Crippen molar-refractivity contribution in [1.82, 2.24) is 4.90 Å². The summed E-state index contributed by atoms with van der Waals surface area (Å²) in [5.41, 5.74) is 2.86. The smallest absolute Gasteiger partial charge is 0.322 e. The summed E-state index contributed by atoms with van der Waals surface area (Å²) in [4.78, 5) is 30.5. The molecule has 2 bridgehead atoms. The number of carbonyl (C=O) groups is 2. The second kappa shape index (κ2) is 16.7. The van der Waals surface area contributed by atoms with Crippen molar-refractivity contribution in [2.45, 2.75) is 89.4 Å². The number of hydrogen-bond donors (Lipinski definition) is 3. The summed E-state index contributed by atoms with van der Waals surface area (Å²) in [6.45, 7) is 4.51. The minimum atomic E-state index is -1.35. The van der Waals surface area contributed by atoms with Crippen LogP contribution in [-0.4, -0.2) is 45.2 Å². The number of benzene rings is 5. The van der Waals surface area contributed by atoms with Gasteiger partial charge in [-0.1, -0.05) is 109 Å². The number of aliphatic hydroxyl groups excluding tert-OH is 1. The number of ketones is 1. The second-order valence-electron chi connectivity index (χ2n) is 16.0. The van der Waals surface area contributed by atoms with Gasteiger partial charge in [0.05, 0.1) is 18.2 Å². The highest BCUT2D eigenvalue weighted by Gasteiger charge is 2.57. The maximum atomic E-state index is 15.0. The van der Waals surface area contributed by atoms with E-state index < -0.39 is 22.9 Å². The lowest BCUT2D eigenvalue weighted by molar-refractivity contribution is -0.0773. The maximum absolute atomic E-state index is 15.0. The van der Waals surface area contributed by atoms with E-state index in [1.54, 1.807) is 11.0 Å². The Hall–Kier alpha value is -4.82. The third-order valence-electron chi connectivity index (χ3n) is 12.4. The molecule has 0 radical (unpaired) electrons. The number of hydrogen-bond acceptors (Lipinski definition) is 4. The molecule has 1 saturated carbocycles. The molecule has 3 aliphatic rings. The van der Waals surface area contributed by atoms with Gasteiger partial charge in [-0.05, 0) is 116 Å². The maximum Gasteiger partial charge on any atom is 0.322 e. The summed E-state index contributed by atoms with van der Waals surface area (Å²) >= 11 is 6.42. The Labute approximate surface area is 334 Å². The van der Waals surface area contributed by atoms with Crippen molar-refractivity contribution in [3.63, 3.8) is 0 Å². The number of para-hydroxylation sites is 1. The first-order chi connectivity index (χ1) is 26.9. The summed E-state index contributed by atoms with van der Waals surface area (Å²) in [7, 11) is 0. The van der Waals surface area contributed by atoms with Gasteiger partial charge in [0.1, 0.15) is 5.82 Å². The topological polar surface area (TPSA) is 89.9 Å². The summed E-state index contributed by atoms with van der Waals surface area (Å²) < 4.78 is 15.0. The SMILES string of the molecule is CC1=CCC[C@@]2(C)[C@@H](CC[C@@]2(O)CN(Cc2cccc3ccccc23)C(=O)Nc2ccccc2)c2ccc(cc2C(=O)Cc2c(F)cccc2Cl)C[C@@H](O)CC1. The van der Waals surface area contributed by atoms with Crippen LogP contribution in [0.2, 0.25) is 5.02 Å². The Bertz CT molecular complexity index is 2230. The first-order valence-corrected chi connectivity index (χ1v) is 20.0. The molecular weight excluding hydrogens is 723 g/mol. The Morgan fingerprint density at radius 1 is 0.929 bits per heavy atom. The predicted molar refractivity (Wildman–Crippen MR) is 223 cm³/mol. The number of carbonyl (C=O) groups excluding carboxylic acids is 2. The fourth-order valence-corrected chi connectivity index (χ4v) is 9.30. The molecule has 5 aromatic carbocycles. The number of Topliss-reactive ketones (excluding diaryl/α,β-unsaturated/α-hetero) is 1. The number of amides is 2. The Kier molecular flexibility index (Phi) is 11.8. The molecule has 6 nitrogen and oxygen atoms in total. The van der Waals surface area contributed by atoms with Gasteiger partial charge >= 0.3 is 6.03 Å². The van der Waals surface area contributed by atoms with Gasteiger partial charge in [-0.2, -0.15) is 0 Å². The van der Waals surface area contributed by atoms with E-state index in [4.69, 9.17) is 11.6 Å². The molecule has 0 unspecified atom stereocenters. The van der Waals surface area contributed by atoms with E-state index in [0.717, 1.165) is 33.9 Å². The summed E-state index contributed by atoms with van der Waals surface area (Å²) in [6.07, 6.45) is 5.28. The number of rotatable bonds is 8. The van der Waals surface area contributed by atoms with Crippen LogP contribution in [0.5, 0.6) is 0 Å².